The molecule has 0 aliphatic carbocycles. The lowest BCUT2D eigenvalue weighted by Crippen LogP contribution is -2.44. The van der Waals surface area contributed by atoms with Crippen LogP contribution in [-0.2, 0) is 9.53 Å². The molecule has 6 nitrogen and oxygen atoms in total. The third kappa shape index (κ3) is 3.20. The predicted octanol–water partition coefficient (Wildman–Crippen LogP) is 0.857. The first-order valence-corrected chi connectivity index (χ1v) is 9.12. The lowest BCUT2D eigenvalue weighted by molar-refractivity contribution is -0.134. The molecule has 7 heteroatoms. The minimum Gasteiger partial charge on any atom is -0.375 e. The maximum Gasteiger partial charge on any atom is 0.254 e. The molecule has 132 valence electrons. The summed E-state index contributed by atoms with van der Waals surface area (Å²) in [4.78, 5) is 31.0. The van der Waals surface area contributed by atoms with Gasteiger partial charge in [-0.25, -0.2) is 0 Å². The minimum absolute atomic E-state index is 0.0424. The number of carbonyl (C=O) groups is 2. The summed E-state index contributed by atoms with van der Waals surface area (Å²) in [5, 5.41) is 3.84. The van der Waals surface area contributed by atoms with E-state index in [4.69, 9.17) is 4.74 Å². The predicted molar refractivity (Wildman–Crippen MR) is 93.2 cm³/mol. The lowest BCUT2D eigenvalue weighted by atomic mass is 9.80. The molecule has 1 aromatic rings. The fourth-order valence-electron chi connectivity index (χ4n) is 4.16. The van der Waals surface area contributed by atoms with Gasteiger partial charge in [0.25, 0.3) is 5.91 Å². The largest absolute Gasteiger partial charge is 0.375 e. The van der Waals surface area contributed by atoms with Crippen molar-refractivity contribution in [3.8, 4) is 0 Å². The summed E-state index contributed by atoms with van der Waals surface area (Å²) < 4.78 is 5.00. The summed E-state index contributed by atoms with van der Waals surface area (Å²) in [5.41, 5.74) is 0.728. The molecule has 1 aromatic heterocycles. The van der Waals surface area contributed by atoms with Gasteiger partial charge in [0.1, 0.15) is 6.61 Å². The topological polar surface area (TPSA) is 53.1 Å². The van der Waals surface area contributed by atoms with Gasteiger partial charge in [0.2, 0.25) is 5.91 Å². The van der Waals surface area contributed by atoms with Crippen molar-refractivity contribution < 1.29 is 14.3 Å². The molecule has 0 bridgehead atoms. The molecule has 3 heterocycles. The molecule has 2 saturated heterocycles. The average Bonchev–Trinajstić information content (AvgIpc) is 3.19. The first-order valence-electron chi connectivity index (χ1n) is 8.18. The Hall–Kier alpha value is -1.44. The molecule has 2 aliphatic heterocycles. The number of fused-ring (bicyclic) bond motifs is 1. The number of methoxy groups -OCH3 is 1. The zero-order valence-corrected chi connectivity index (χ0v) is 15.3. The molecule has 2 amide bonds. The Kier molecular flexibility index (Phi) is 4.94. The molecule has 0 radical (unpaired) electrons. The van der Waals surface area contributed by atoms with Gasteiger partial charge in [0.15, 0.2) is 0 Å². The Morgan fingerprint density at radius 1 is 1.33 bits per heavy atom. The van der Waals surface area contributed by atoms with E-state index in [1.54, 1.807) is 18.4 Å². The van der Waals surface area contributed by atoms with E-state index in [0.29, 0.717) is 25.6 Å². The minimum atomic E-state index is -0.0431. The maximum absolute atomic E-state index is 12.7. The highest BCUT2D eigenvalue weighted by molar-refractivity contribution is 7.08. The standard InChI is InChI=1S/C17H25N3O3S/c1-18(2)10-17-11-19(15(21)8-23-3)6-14(17)7-20(12-17)16(22)13-4-5-24-9-13/h4-5,9,14H,6-8,10-12H2,1-3H3/t14-,17+/m1/s1. The summed E-state index contributed by atoms with van der Waals surface area (Å²) in [6, 6.07) is 1.88. The van der Waals surface area contributed by atoms with Crippen LogP contribution < -0.4 is 0 Å². The van der Waals surface area contributed by atoms with Gasteiger partial charge in [0, 0.05) is 56.5 Å². The van der Waals surface area contributed by atoms with Crippen molar-refractivity contribution in [2.24, 2.45) is 11.3 Å². The monoisotopic (exact) mass is 351 g/mol. The Labute approximate surface area is 147 Å². The van der Waals surface area contributed by atoms with E-state index >= 15 is 0 Å². The molecule has 0 spiro atoms. The van der Waals surface area contributed by atoms with Crippen molar-refractivity contribution in [2.75, 3.05) is 60.5 Å². The van der Waals surface area contributed by atoms with Gasteiger partial charge in [-0.05, 0) is 25.5 Å². The van der Waals surface area contributed by atoms with Crippen LogP contribution in [0.3, 0.4) is 0 Å². The highest BCUT2D eigenvalue weighted by Crippen LogP contribution is 2.43. The van der Waals surface area contributed by atoms with Gasteiger partial charge in [-0.1, -0.05) is 0 Å². The normalized spacial score (nSPS) is 26.2. The van der Waals surface area contributed by atoms with Crippen LogP contribution in [0.4, 0.5) is 0 Å². The van der Waals surface area contributed by atoms with Crippen LogP contribution in [0.5, 0.6) is 0 Å². The molecule has 0 N–H and O–H groups in total. The Balaban J connectivity index is 1.76. The van der Waals surface area contributed by atoms with Gasteiger partial charge >= 0.3 is 0 Å². The smallest absolute Gasteiger partial charge is 0.254 e. The molecule has 3 rings (SSSR count). The summed E-state index contributed by atoms with van der Waals surface area (Å²) in [5.74, 6) is 0.475. The molecule has 2 atom stereocenters. The van der Waals surface area contributed by atoms with Gasteiger partial charge < -0.3 is 19.4 Å². The lowest BCUT2D eigenvalue weighted by Gasteiger charge is -2.32. The third-order valence-corrected chi connectivity index (χ3v) is 5.75. The van der Waals surface area contributed by atoms with E-state index < -0.39 is 0 Å². The Morgan fingerprint density at radius 2 is 2.04 bits per heavy atom. The number of likely N-dealkylation sites (tertiary alicyclic amines) is 2. The van der Waals surface area contributed by atoms with Crippen molar-refractivity contribution >= 4 is 23.2 Å². The Bertz CT molecular complexity index is 604. The number of amides is 2. The maximum atomic E-state index is 12.7. The molecule has 2 aliphatic rings. The second-order valence-electron chi connectivity index (χ2n) is 7.20. The molecule has 0 unspecified atom stereocenters. The number of carbonyl (C=O) groups excluding carboxylic acids is 2. The molecule has 0 saturated carbocycles. The molecule has 0 aromatic carbocycles. The molecular weight excluding hydrogens is 326 g/mol. The van der Waals surface area contributed by atoms with Crippen molar-refractivity contribution in [1.82, 2.24) is 14.7 Å². The second-order valence-corrected chi connectivity index (χ2v) is 7.98. The van der Waals surface area contributed by atoms with Gasteiger partial charge in [0.05, 0.1) is 5.56 Å². The fraction of sp³-hybridized carbons (Fsp3) is 0.647. The fourth-order valence-corrected chi connectivity index (χ4v) is 4.79. The van der Waals surface area contributed by atoms with Crippen LogP contribution in [0.2, 0.25) is 0 Å². The average molecular weight is 351 g/mol. The summed E-state index contributed by atoms with van der Waals surface area (Å²) in [6.45, 7) is 3.85. The number of ether oxygens (including phenoxy) is 1. The highest BCUT2D eigenvalue weighted by atomic mass is 32.1. The molecular formula is C17H25N3O3S. The highest BCUT2D eigenvalue weighted by Gasteiger charge is 2.54. The first kappa shape index (κ1) is 17.4. The van der Waals surface area contributed by atoms with E-state index in [1.807, 2.05) is 26.6 Å². The number of hydrogen-bond donors (Lipinski definition) is 0. The second kappa shape index (κ2) is 6.82. The van der Waals surface area contributed by atoms with Crippen molar-refractivity contribution in [3.05, 3.63) is 22.4 Å². The number of thiophene rings is 1. The van der Waals surface area contributed by atoms with Crippen LogP contribution in [0.1, 0.15) is 10.4 Å². The van der Waals surface area contributed by atoms with Crippen molar-refractivity contribution in [3.63, 3.8) is 0 Å². The van der Waals surface area contributed by atoms with E-state index in [9.17, 15) is 9.59 Å². The van der Waals surface area contributed by atoms with Crippen LogP contribution in [-0.4, -0.2) is 87.0 Å². The SMILES string of the molecule is COCC(=O)N1C[C@@H]2CN(C(=O)c3ccsc3)C[C@]2(CN(C)C)C1. The van der Waals surface area contributed by atoms with Gasteiger partial charge in [-0.15, -0.1) is 0 Å². The van der Waals surface area contributed by atoms with Gasteiger partial charge in [-0.2, -0.15) is 11.3 Å². The third-order valence-electron chi connectivity index (χ3n) is 5.07. The number of rotatable bonds is 5. The van der Waals surface area contributed by atoms with E-state index in [-0.39, 0.29) is 23.8 Å². The van der Waals surface area contributed by atoms with Gasteiger partial charge in [-0.3, -0.25) is 9.59 Å². The van der Waals surface area contributed by atoms with E-state index in [1.165, 1.54) is 0 Å². The zero-order chi connectivity index (χ0) is 17.3. The van der Waals surface area contributed by atoms with Crippen LogP contribution in [0, 0.1) is 11.3 Å². The summed E-state index contributed by atoms with van der Waals surface area (Å²) in [7, 11) is 5.65. The van der Waals surface area contributed by atoms with Crippen molar-refractivity contribution in [2.45, 2.75) is 0 Å². The zero-order valence-electron chi connectivity index (χ0n) is 14.5. The van der Waals surface area contributed by atoms with Crippen molar-refractivity contribution in [1.29, 1.82) is 0 Å². The quantitative estimate of drug-likeness (QED) is 0.789. The van der Waals surface area contributed by atoms with Crippen LogP contribution in [0.15, 0.2) is 16.8 Å². The first-order chi connectivity index (χ1) is 11.4. The molecule has 24 heavy (non-hydrogen) atoms. The number of nitrogens with zero attached hydrogens (tertiary/aromatic N) is 3. The summed E-state index contributed by atoms with van der Waals surface area (Å²) >= 11 is 1.55. The molecule has 2 fully saturated rings. The van der Waals surface area contributed by atoms with E-state index in [2.05, 4.69) is 19.0 Å². The van der Waals surface area contributed by atoms with Crippen LogP contribution in [0.25, 0.3) is 0 Å². The van der Waals surface area contributed by atoms with Crippen LogP contribution >= 0.6 is 11.3 Å². The number of hydrogen-bond acceptors (Lipinski definition) is 5. The summed E-state index contributed by atoms with van der Waals surface area (Å²) in [6.07, 6.45) is 0. The van der Waals surface area contributed by atoms with E-state index in [0.717, 1.165) is 18.7 Å². The Morgan fingerprint density at radius 3 is 2.67 bits per heavy atom.